The maximum atomic E-state index is 11.0. The molecule has 0 atom stereocenters. The van der Waals surface area contributed by atoms with E-state index in [4.69, 9.17) is 5.73 Å². The van der Waals surface area contributed by atoms with Gasteiger partial charge in [0.1, 0.15) is 0 Å². The van der Waals surface area contributed by atoms with Crippen molar-refractivity contribution in [2.24, 2.45) is 17.1 Å². The number of nitrogens with one attached hydrogen (secondary N) is 1. The summed E-state index contributed by atoms with van der Waals surface area (Å²) in [6, 6.07) is 0. The highest BCUT2D eigenvalue weighted by Gasteiger charge is 2.37. The first-order valence-corrected chi connectivity index (χ1v) is 5.72. The van der Waals surface area contributed by atoms with E-state index >= 15 is 0 Å². The minimum atomic E-state index is -0.0891. The smallest absolute Gasteiger partial charge is 0.220 e. The Labute approximate surface area is 85.4 Å². The largest absolute Gasteiger partial charge is 0.369 e. The van der Waals surface area contributed by atoms with Crippen LogP contribution in [0.15, 0.2) is 0 Å². The Morgan fingerprint density at radius 1 is 1.14 bits per heavy atom. The van der Waals surface area contributed by atoms with Crippen LogP contribution in [0.3, 0.4) is 0 Å². The molecule has 0 aromatic carbocycles. The van der Waals surface area contributed by atoms with E-state index in [1.54, 1.807) is 0 Å². The summed E-state index contributed by atoms with van der Waals surface area (Å²) in [5, 5.41) is 3.40. The van der Waals surface area contributed by atoms with Crippen LogP contribution < -0.4 is 11.1 Å². The van der Waals surface area contributed by atoms with Crippen molar-refractivity contribution in [1.29, 1.82) is 0 Å². The molecule has 2 aliphatic rings. The fraction of sp³-hybridized carbons (Fsp3) is 0.909. The van der Waals surface area contributed by atoms with Gasteiger partial charge >= 0.3 is 0 Å². The van der Waals surface area contributed by atoms with Gasteiger partial charge in [-0.05, 0) is 57.0 Å². The average molecular weight is 196 g/mol. The molecule has 1 spiro atoms. The normalized spacial score (nSPS) is 27.7. The lowest BCUT2D eigenvalue weighted by molar-refractivity contribution is -0.123. The lowest BCUT2D eigenvalue weighted by Gasteiger charge is -2.42. The van der Waals surface area contributed by atoms with Gasteiger partial charge in [-0.2, -0.15) is 0 Å². The molecule has 0 aromatic rings. The number of amides is 1. The maximum Gasteiger partial charge on any atom is 0.220 e. The summed E-state index contributed by atoms with van der Waals surface area (Å²) in [7, 11) is 0. The van der Waals surface area contributed by atoms with Crippen molar-refractivity contribution < 1.29 is 4.79 Å². The third-order valence-electron chi connectivity index (χ3n) is 4.11. The van der Waals surface area contributed by atoms with Crippen LogP contribution in [0.1, 0.15) is 38.5 Å². The van der Waals surface area contributed by atoms with Crippen molar-refractivity contribution in [3.05, 3.63) is 0 Å². The molecular formula is C11H20N2O. The lowest BCUT2D eigenvalue weighted by Crippen LogP contribution is -2.40. The Morgan fingerprint density at radius 3 is 2.21 bits per heavy atom. The van der Waals surface area contributed by atoms with Crippen molar-refractivity contribution in [2.75, 3.05) is 13.1 Å². The van der Waals surface area contributed by atoms with Crippen LogP contribution in [0.5, 0.6) is 0 Å². The average Bonchev–Trinajstić information content (AvgIpc) is 2.19. The van der Waals surface area contributed by atoms with E-state index in [2.05, 4.69) is 5.32 Å². The Bertz CT molecular complexity index is 211. The van der Waals surface area contributed by atoms with E-state index in [0.717, 1.165) is 25.9 Å². The Kier molecular flexibility index (Phi) is 2.77. The van der Waals surface area contributed by atoms with Crippen molar-refractivity contribution in [3.8, 4) is 0 Å². The second-order valence-electron chi connectivity index (χ2n) is 4.93. The summed E-state index contributed by atoms with van der Waals surface area (Å²) in [4.78, 5) is 11.0. The number of primary amides is 1. The van der Waals surface area contributed by atoms with E-state index < -0.39 is 0 Å². The molecule has 1 amide bonds. The highest BCUT2D eigenvalue weighted by molar-refractivity contribution is 5.76. The lowest BCUT2D eigenvalue weighted by atomic mass is 9.65. The van der Waals surface area contributed by atoms with Crippen molar-refractivity contribution in [3.63, 3.8) is 0 Å². The van der Waals surface area contributed by atoms with Crippen LogP contribution >= 0.6 is 0 Å². The van der Waals surface area contributed by atoms with Gasteiger partial charge in [0.15, 0.2) is 0 Å². The quantitative estimate of drug-likeness (QED) is 0.658. The van der Waals surface area contributed by atoms with Crippen molar-refractivity contribution >= 4 is 5.91 Å². The first-order valence-electron chi connectivity index (χ1n) is 5.72. The van der Waals surface area contributed by atoms with Gasteiger partial charge in [-0.3, -0.25) is 4.79 Å². The standard InChI is InChI=1S/C11H20N2O/c12-10(14)9-1-3-11(4-2-9)5-7-13-8-6-11/h9,13H,1-8H2,(H2,12,14). The Morgan fingerprint density at radius 2 is 1.71 bits per heavy atom. The Hall–Kier alpha value is -0.570. The molecule has 1 saturated heterocycles. The fourth-order valence-corrected chi connectivity index (χ4v) is 2.97. The summed E-state index contributed by atoms with van der Waals surface area (Å²) in [5.41, 5.74) is 5.89. The van der Waals surface area contributed by atoms with Gasteiger partial charge in [-0.1, -0.05) is 0 Å². The summed E-state index contributed by atoms with van der Waals surface area (Å²) in [6.45, 7) is 2.31. The SMILES string of the molecule is NC(=O)C1CCC2(CCNCC2)CC1. The molecule has 1 aliphatic heterocycles. The predicted octanol–water partition coefficient (Wildman–Crippen LogP) is 1.03. The van der Waals surface area contributed by atoms with E-state index in [-0.39, 0.29) is 11.8 Å². The number of rotatable bonds is 1. The van der Waals surface area contributed by atoms with E-state index in [1.807, 2.05) is 0 Å². The molecule has 1 aliphatic carbocycles. The van der Waals surface area contributed by atoms with E-state index in [9.17, 15) is 4.79 Å². The third kappa shape index (κ3) is 1.92. The molecule has 0 aromatic heterocycles. The number of carbonyl (C=O) groups is 1. The zero-order chi connectivity index (χ0) is 10.0. The number of nitrogens with two attached hydrogens (primary N) is 1. The van der Waals surface area contributed by atoms with Gasteiger partial charge in [0.25, 0.3) is 0 Å². The van der Waals surface area contributed by atoms with Crippen LogP contribution in [0.4, 0.5) is 0 Å². The molecule has 3 N–H and O–H groups in total. The van der Waals surface area contributed by atoms with E-state index in [0.29, 0.717) is 5.41 Å². The van der Waals surface area contributed by atoms with Crippen LogP contribution in [0.2, 0.25) is 0 Å². The molecule has 0 radical (unpaired) electrons. The number of carbonyl (C=O) groups excluding carboxylic acids is 1. The van der Waals surface area contributed by atoms with Gasteiger partial charge in [0.05, 0.1) is 0 Å². The molecule has 0 bridgehead atoms. The molecule has 14 heavy (non-hydrogen) atoms. The minimum Gasteiger partial charge on any atom is -0.369 e. The van der Waals surface area contributed by atoms with Gasteiger partial charge in [-0.25, -0.2) is 0 Å². The van der Waals surface area contributed by atoms with Crippen LogP contribution in [0.25, 0.3) is 0 Å². The zero-order valence-corrected chi connectivity index (χ0v) is 8.72. The molecule has 3 nitrogen and oxygen atoms in total. The van der Waals surface area contributed by atoms with E-state index in [1.165, 1.54) is 25.7 Å². The van der Waals surface area contributed by atoms with Crippen LogP contribution in [0, 0.1) is 11.3 Å². The number of piperidine rings is 1. The maximum absolute atomic E-state index is 11.0. The highest BCUT2D eigenvalue weighted by Crippen LogP contribution is 2.44. The van der Waals surface area contributed by atoms with Crippen molar-refractivity contribution in [2.45, 2.75) is 38.5 Å². The molecule has 80 valence electrons. The van der Waals surface area contributed by atoms with Gasteiger partial charge < -0.3 is 11.1 Å². The summed E-state index contributed by atoms with van der Waals surface area (Å²) < 4.78 is 0. The summed E-state index contributed by atoms with van der Waals surface area (Å²) >= 11 is 0. The molecule has 3 heteroatoms. The molecule has 1 heterocycles. The monoisotopic (exact) mass is 196 g/mol. The minimum absolute atomic E-state index is 0.0891. The van der Waals surface area contributed by atoms with Crippen LogP contribution in [-0.4, -0.2) is 19.0 Å². The van der Waals surface area contributed by atoms with Gasteiger partial charge in [0, 0.05) is 5.92 Å². The molecular weight excluding hydrogens is 176 g/mol. The number of hydrogen-bond acceptors (Lipinski definition) is 2. The van der Waals surface area contributed by atoms with Crippen molar-refractivity contribution in [1.82, 2.24) is 5.32 Å². The van der Waals surface area contributed by atoms with Gasteiger partial charge in [-0.15, -0.1) is 0 Å². The molecule has 2 rings (SSSR count). The van der Waals surface area contributed by atoms with Crippen LogP contribution in [-0.2, 0) is 4.79 Å². The summed E-state index contributed by atoms with van der Waals surface area (Å²) in [5.74, 6) is 0.0734. The first-order chi connectivity index (χ1) is 6.72. The highest BCUT2D eigenvalue weighted by atomic mass is 16.1. The second-order valence-corrected chi connectivity index (χ2v) is 4.93. The molecule has 1 saturated carbocycles. The number of hydrogen-bond donors (Lipinski definition) is 2. The van der Waals surface area contributed by atoms with Gasteiger partial charge in [0.2, 0.25) is 5.91 Å². The molecule has 0 unspecified atom stereocenters. The Balaban J connectivity index is 1.90. The second kappa shape index (κ2) is 3.89. The molecule has 2 fully saturated rings. The predicted molar refractivity (Wildman–Crippen MR) is 55.7 cm³/mol. The fourth-order valence-electron chi connectivity index (χ4n) is 2.97. The topological polar surface area (TPSA) is 55.1 Å². The first kappa shape index (κ1) is 9.97. The summed E-state index contributed by atoms with van der Waals surface area (Å²) in [6.07, 6.45) is 7.05. The third-order valence-corrected chi connectivity index (χ3v) is 4.11. The zero-order valence-electron chi connectivity index (χ0n) is 8.72.